The van der Waals surface area contributed by atoms with Crippen LogP contribution in [0.3, 0.4) is 0 Å². The Labute approximate surface area is 199 Å². The molecule has 4 nitrogen and oxygen atoms in total. The van der Waals surface area contributed by atoms with E-state index >= 15 is 0 Å². The Morgan fingerprint density at radius 1 is 0.720 bits per heavy atom. The molecule has 0 saturated carbocycles. The predicted octanol–water partition coefficient (Wildman–Crippen LogP) is 2.16. The maximum absolute atomic E-state index is 10.5. The van der Waals surface area contributed by atoms with Gasteiger partial charge >= 0.3 is 51.4 Å². The molecule has 0 rings (SSSR count). The summed E-state index contributed by atoms with van der Waals surface area (Å²) >= 11 is 0. The third-order valence-corrected chi connectivity index (χ3v) is 5.33. The van der Waals surface area contributed by atoms with Crippen LogP contribution in [-0.2, 0) is 10.1 Å². The van der Waals surface area contributed by atoms with E-state index in [1.807, 2.05) is 0 Å². The second-order valence-corrected chi connectivity index (χ2v) is 8.61. The predicted molar refractivity (Wildman–Crippen MR) is 100 cm³/mol. The fraction of sp³-hybridized carbons (Fsp3) is 1.00. The van der Waals surface area contributed by atoms with Crippen molar-refractivity contribution >= 4 is 10.1 Å². The van der Waals surface area contributed by atoms with E-state index < -0.39 is 22.0 Å². The van der Waals surface area contributed by atoms with Crippen LogP contribution in [0.25, 0.3) is 0 Å². The van der Waals surface area contributed by atoms with E-state index in [0.29, 0.717) is 6.42 Å². The molecule has 0 heterocycles. The molecule has 0 fully saturated rings. The Morgan fingerprint density at radius 3 is 1.44 bits per heavy atom. The van der Waals surface area contributed by atoms with Crippen molar-refractivity contribution in [3.63, 3.8) is 0 Å². The van der Waals surface area contributed by atoms with E-state index in [4.69, 9.17) is 0 Å². The Balaban J connectivity index is 0. The molecule has 0 radical (unpaired) electrons. The molecule has 0 aliphatic heterocycles. The van der Waals surface area contributed by atoms with Crippen molar-refractivity contribution in [2.45, 2.75) is 116 Å². The van der Waals surface area contributed by atoms with Crippen LogP contribution in [0, 0.1) is 0 Å². The Kier molecular flexibility index (Phi) is 23.3. The summed E-state index contributed by atoms with van der Waals surface area (Å²) in [5, 5.41) is 9.60. The molecule has 0 aromatic carbocycles. The Morgan fingerprint density at radius 2 is 1.08 bits per heavy atom. The summed E-state index contributed by atoms with van der Waals surface area (Å²) in [6.45, 7) is 2.25. The number of hydrogen-bond acceptors (Lipinski definition) is 4. The maximum atomic E-state index is 10.5. The molecule has 0 aromatic rings. The molecule has 0 aliphatic rings. The van der Waals surface area contributed by atoms with Gasteiger partial charge in [-0.05, 0) is 12.8 Å². The van der Waals surface area contributed by atoms with E-state index in [2.05, 4.69) is 6.92 Å². The zero-order valence-electron chi connectivity index (χ0n) is 16.7. The fourth-order valence-corrected chi connectivity index (χ4v) is 3.56. The molecule has 1 N–H and O–H groups in total. The maximum Gasteiger partial charge on any atom is 1.00 e. The zero-order valence-corrected chi connectivity index (χ0v) is 20.6. The van der Waals surface area contributed by atoms with Crippen molar-refractivity contribution in [2.75, 3.05) is 5.75 Å². The normalized spacial score (nSPS) is 12.8. The first-order valence-electron chi connectivity index (χ1n) is 10.1. The van der Waals surface area contributed by atoms with E-state index in [1.165, 1.54) is 77.0 Å². The average Bonchev–Trinajstić information content (AvgIpc) is 2.52. The smallest absolute Gasteiger partial charge is 0.748 e. The summed E-state index contributed by atoms with van der Waals surface area (Å²) in [5.41, 5.74) is 0. The summed E-state index contributed by atoms with van der Waals surface area (Å²) in [6, 6.07) is 0. The van der Waals surface area contributed by atoms with Gasteiger partial charge in [0.1, 0.15) is 0 Å². The van der Waals surface area contributed by atoms with Gasteiger partial charge in [0.25, 0.3) is 0 Å². The summed E-state index contributed by atoms with van der Waals surface area (Å²) in [6.07, 6.45) is 18.1. The van der Waals surface area contributed by atoms with Crippen molar-refractivity contribution < 1.29 is 69.5 Å². The minimum Gasteiger partial charge on any atom is -0.748 e. The number of aliphatic hydroxyl groups excluding tert-OH is 1. The zero-order chi connectivity index (χ0) is 18.1. The third kappa shape index (κ3) is 25.5. The van der Waals surface area contributed by atoms with Crippen molar-refractivity contribution in [3.05, 3.63) is 0 Å². The number of unbranched alkanes of at least 4 members (excludes halogenated alkanes) is 13. The van der Waals surface area contributed by atoms with Crippen molar-refractivity contribution in [1.29, 1.82) is 0 Å². The van der Waals surface area contributed by atoms with Gasteiger partial charge in [-0.25, -0.2) is 8.42 Å². The molecular weight excluding hydrogens is 363 g/mol. The molecule has 146 valence electrons. The fourth-order valence-electron chi connectivity index (χ4n) is 3.00. The van der Waals surface area contributed by atoms with E-state index in [0.717, 1.165) is 12.8 Å². The van der Waals surface area contributed by atoms with Crippen molar-refractivity contribution in [1.82, 2.24) is 0 Å². The van der Waals surface area contributed by atoms with Gasteiger partial charge in [0.2, 0.25) is 0 Å². The van der Waals surface area contributed by atoms with Gasteiger partial charge in [-0.2, -0.15) is 0 Å². The van der Waals surface area contributed by atoms with Gasteiger partial charge in [0.15, 0.2) is 0 Å². The number of hydrogen-bond donors (Lipinski definition) is 1. The number of aliphatic hydroxyl groups is 1. The summed E-state index contributed by atoms with van der Waals surface area (Å²) in [7, 11) is -4.19. The second-order valence-electron chi connectivity index (χ2n) is 7.09. The minimum absolute atomic E-state index is 0. The molecule has 0 bridgehead atoms. The first kappa shape index (κ1) is 28.7. The van der Waals surface area contributed by atoms with Gasteiger partial charge in [-0.3, -0.25) is 0 Å². The van der Waals surface area contributed by atoms with Crippen LogP contribution < -0.4 is 51.4 Å². The monoisotopic (exact) mass is 402 g/mol. The summed E-state index contributed by atoms with van der Waals surface area (Å²) < 4.78 is 31.4. The minimum atomic E-state index is -4.19. The van der Waals surface area contributed by atoms with Crippen LogP contribution in [0.5, 0.6) is 0 Å². The molecule has 0 amide bonds. The van der Waals surface area contributed by atoms with Crippen molar-refractivity contribution in [2.24, 2.45) is 0 Å². The van der Waals surface area contributed by atoms with Crippen LogP contribution >= 0.6 is 0 Å². The van der Waals surface area contributed by atoms with Crippen LogP contribution in [0.4, 0.5) is 0 Å². The molecule has 1 unspecified atom stereocenters. The number of rotatable bonds is 18. The molecule has 0 aliphatic carbocycles. The second kappa shape index (κ2) is 20.2. The van der Waals surface area contributed by atoms with E-state index in [-0.39, 0.29) is 57.8 Å². The Hall–Kier alpha value is 1.51. The van der Waals surface area contributed by atoms with Gasteiger partial charge in [0, 0.05) is 5.75 Å². The Bertz CT molecular complexity index is 360. The molecule has 0 aromatic heterocycles. The van der Waals surface area contributed by atoms with Crippen molar-refractivity contribution in [3.8, 4) is 0 Å². The summed E-state index contributed by atoms with van der Waals surface area (Å²) in [4.78, 5) is 0. The first-order chi connectivity index (χ1) is 11.5. The van der Waals surface area contributed by atoms with Crippen LogP contribution in [-0.4, -0.2) is 29.9 Å². The van der Waals surface area contributed by atoms with E-state index in [1.54, 1.807) is 0 Å². The quantitative estimate of drug-likeness (QED) is 0.216. The molecule has 0 spiro atoms. The van der Waals surface area contributed by atoms with Crippen LogP contribution in [0.15, 0.2) is 0 Å². The van der Waals surface area contributed by atoms with Gasteiger partial charge < -0.3 is 9.66 Å². The molecule has 6 heteroatoms. The van der Waals surface area contributed by atoms with Gasteiger partial charge in [0.05, 0.1) is 16.2 Å². The molecule has 1 atom stereocenters. The van der Waals surface area contributed by atoms with E-state index in [9.17, 15) is 18.1 Å². The largest absolute Gasteiger partial charge is 1.00 e. The topological polar surface area (TPSA) is 77.4 Å². The van der Waals surface area contributed by atoms with Gasteiger partial charge in [-0.15, -0.1) is 0 Å². The molecular formula is C19H39KO4S. The molecule has 0 saturated heterocycles. The SMILES string of the molecule is CCCCCCCCCCCCCCCCC(O)CCS(=O)(=O)[O-].[K+]. The van der Waals surface area contributed by atoms with Crippen LogP contribution in [0.1, 0.15) is 110 Å². The van der Waals surface area contributed by atoms with Crippen LogP contribution in [0.2, 0.25) is 0 Å². The summed E-state index contributed by atoms with van der Waals surface area (Å²) in [5.74, 6) is -0.452. The third-order valence-electron chi connectivity index (χ3n) is 4.59. The average molecular weight is 403 g/mol. The molecule has 25 heavy (non-hydrogen) atoms. The standard InChI is InChI=1S/C19H40O4S.K/c1-2-3-4-5-6-7-8-9-10-11-12-13-14-15-16-19(20)17-18-24(21,22)23;/h19-20H,2-18H2,1H3,(H,21,22,23);/q;+1/p-1. The van der Waals surface area contributed by atoms with Gasteiger partial charge in [-0.1, -0.05) is 96.8 Å². The first-order valence-corrected chi connectivity index (χ1v) is 11.6.